The van der Waals surface area contributed by atoms with Crippen LogP contribution < -0.4 is 4.74 Å². The summed E-state index contributed by atoms with van der Waals surface area (Å²) in [7, 11) is 0. The van der Waals surface area contributed by atoms with E-state index < -0.39 is 11.8 Å². The zero-order valence-corrected chi connectivity index (χ0v) is 12.3. The first-order valence-electron chi connectivity index (χ1n) is 5.88. The van der Waals surface area contributed by atoms with Gasteiger partial charge in [0.25, 0.3) is 0 Å². The van der Waals surface area contributed by atoms with Gasteiger partial charge < -0.3 is 9.84 Å². The Labute approximate surface area is 124 Å². The first-order valence-corrected chi connectivity index (χ1v) is 6.67. The Hall–Kier alpha value is -1.88. The number of ether oxygens (including phenoxy) is 1. The molecule has 2 aromatic carbocycles. The Morgan fingerprint density at radius 1 is 1.30 bits per heavy atom. The second kappa shape index (κ2) is 6.05. The van der Waals surface area contributed by atoms with E-state index in [0.717, 1.165) is 5.56 Å². The number of carboxylic acid groups (broad SMARTS) is 1. The van der Waals surface area contributed by atoms with Gasteiger partial charge in [-0.15, -0.1) is 0 Å². The van der Waals surface area contributed by atoms with E-state index in [1.165, 1.54) is 12.1 Å². The zero-order valence-electron chi connectivity index (χ0n) is 10.7. The molecule has 1 N–H and O–H groups in total. The van der Waals surface area contributed by atoms with E-state index in [9.17, 15) is 9.18 Å². The minimum absolute atomic E-state index is 0.0253. The quantitative estimate of drug-likeness (QED) is 0.909. The highest BCUT2D eigenvalue weighted by molar-refractivity contribution is 9.10. The molecule has 0 aliphatic heterocycles. The average Bonchev–Trinajstić information content (AvgIpc) is 2.38. The fourth-order valence-electron chi connectivity index (χ4n) is 1.73. The molecule has 0 atom stereocenters. The molecule has 0 amide bonds. The van der Waals surface area contributed by atoms with Crippen LogP contribution in [0.2, 0.25) is 0 Å². The van der Waals surface area contributed by atoms with E-state index in [-0.39, 0.29) is 17.9 Å². The number of benzene rings is 2. The number of carboxylic acids is 1. The van der Waals surface area contributed by atoms with Crippen LogP contribution in [-0.2, 0) is 6.61 Å². The summed E-state index contributed by atoms with van der Waals surface area (Å²) in [6.07, 6.45) is 0. The Balaban J connectivity index is 2.20. The molecule has 0 heterocycles. The average molecular weight is 339 g/mol. The Morgan fingerprint density at radius 3 is 2.70 bits per heavy atom. The lowest BCUT2D eigenvalue weighted by molar-refractivity contribution is 0.0691. The fraction of sp³-hybridized carbons (Fsp3) is 0.133. The van der Waals surface area contributed by atoms with Gasteiger partial charge in [0.1, 0.15) is 23.7 Å². The van der Waals surface area contributed by atoms with Crippen molar-refractivity contribution >= 4 is 21.9 Å². The maximum atomic E-state index is 13.7. The molecule has 0 unspecified atom stereocenters. The molecule has 0 radical (unpaired) electrons. The van der Waals surface area contributed by atoms with Gasteiger partial charge in [-0.3, -0.25) is 0 Å². The van der Waals surface area contributed by atoms with Crippen LogP contribution in [0.3, 0.4) is 0 Å². The summed E-state index contributed by atoms with van der Waals surface area (Å²) in [5.41, 5.74) is 1.26. The molecule has 20 heavy (non-hydrogen) atoms. The van der Waals surface area contributed by atoms with E-state index in [0.29, 0.717) is 10.0 Å². The molecule has 0 spiro atoms. The third kappa shape index (κ3) is 3.36. The predicted octanol–water partition coefficient (Wildman–Crippen LogP) is 4.17. The van der Waals surface area contributed by atoms with Gasteiger partial charge in [0.2, 0.25) is 0 Å². The molecule has 3 nitrogen and oxygen atoms in total. The molecular formula is C15H12BrFO3. The number of aromatic carboxylic acids is 1. The van der Waals surface area contributed by atoms with Gasteiger partial charge in [-0.1, -0.05) is 33.6 Å². The van der Waals surface area contributed by atoms with Gasteiger partial charge in [0.15, 0.2) is 0 Å². The van der Waals surface area contributed by atoms with Crippen LogP contribution in [0.15, 0.2) is 40.9 Å². The van der Waals surface area contributed by atoms with Gasteiger partial charge in [-0.05, 0) is 31.2 Å². The lowest BCUT2D eigenvalue weighted by Gasteiger charge is -2.10. The summed E-state index contributed by atoms with van der Waals surface area (Å²) in [5.74, 6) is -1.24. The van der Waals surface area contributed by atoms with E-state index in [1.807, 2.05) is 0 Å². The molecule has 104 valence electrons. The number of halogens is 2. The fourth-order valence-corrected chi connectivity index (χ4v) is 2.06. The van der Waals surface area contributed by atoms with Crippen LogP contribution in [0.1, 0.15) is 21.5 Å². The second-order valence-electron chi connectivity index (χ2n) is 4.33. The Morgan fingerprint density at radius 2 is 2.05 bits per heavy atom. The minimum Gasteiger partial charge on any atom is -0.488 e. The molecular weight excluding hydrogens is 327 g/mol. The predicted molar refractivity (Wildman–Crippen MR) is 76.6 cm³/mol. The maximum absolute atomic E-state index is 13.7. The summed E-state index contributed by atoms with van der Waals surface area (Å²) in [6, 6.07) is 9.49. The van der Waals surface area contributed by atoms with Crippen molar-refractivity contribution in [2.45, 2.75) is 13.5 Å². The third-order valence-electron chi connectivity index (χ3n) is 2.76. The maximum Gasteiger partial charge on any atom is 0.339 e. The number of rotatable bonds is 4. The molecule has 5 heteroatoms. The largest absolute Gasteiger partial charge is 0.488 e. The molecule has 0 aliphatic carbocycles. The van der Waals surface area contributed by atoms with Crippen molar-refractivity contribution in [3.05, 3.63) is 63.4 Å². The normalized spacial score (nSPS) is 10.3. The number of hydrogen-bond donors (Lipinski definition) is 1. The van der Waals surface area contributed by atoms with Crippen molar-refractivity contribution in [1.29, 1.82) is 0 Å². The third-order valence-corrected chi connectivity index (χ3v) is 3.26. The zero-order chi connectivity index (χ0) is 14.7. The van der Waals surface area contributed by atoms with E-state index >= 15 is 0 Å². The molecule has 2 rings (SSSR count). The number of hydrogen-bond acceptors (Lipinski definition) is 2. The van der Waals surface area contributed by atoms with Crippen LogP contribution in [0.25, 0.3) is 0 Å². The number of aryl methyl sites for hydroxylation is 1. The standard InChI is InChI=1S/C15H12BrFO3/c1-9-2-5-14(12(6-9)15(18)19)20-8-10-3-4-11(16)7-13(10)17/h2-7H,8H2,1H3,(H,18,19). The van der Waals surface area contributed by atoms with E-state index in [2.05, 4.69) is 15.9 Å². The SMILES string of the molecule is Cc1ccc(OCc2ccc(Br)cc2F)c(C(=O)O)c1. The monoisotopic (exact) mass is 338 g/mol. The molecule has 2 aromatic rings. The van der Waals surface area contributed by atoms with Crippen LogP contribution in [0, 0.1) is 12.7 Å². The lowest BCUT2D eigenvalue weighted by atomic mass is 10.1. The molecule has 0 aromatic heterocycles. The van der Waals surface area contributed by atoms with Crippen molar-refractivity contribution in [3.63, 3.8) is 0 Å². The number of carbonyl (C=O) groups is 1. The highest BCUT2D eigenvalue weighted by Crippen LogP contribution is 2.22. The van der Waals surface area contributed by atoms with Crippen molar-refractivity contribution in [2.75, 3.05) is 0 Å². The molecule has 0 saturated carbocycles. The topological polar surface area (TPSA) is 46.5 Å². The Kier molecular flexibility index (Phi) is 4.39. The van der Waals surface area contributed by atoms with Crippen molar-refractivity contribution in [3.8, 4) is 5.75 Å². The smallest absolute Gasteiger partial charge is 0.339 e. The Bertz CT molecular complexity index is 656. The minimum atomic E-state index is -1.07. The van der Waals surface area contributed by atoms with Crippen molar-refractivity contribution in [1.82, 2.24) is 0 Å². The van der Waals surface area contributed by atoms with Crippen LogP contribution in [0.4, 0.5) is 4.39 Å². The van der Waals surface area contributed by atoms with Crippen LogP contribution in [0.5, 0.6) is 5.75 Å². The van der Waals surface area contributed by atoms with Crippen molar-refractivity contribution in [2.24, 2.45) is 0 Å². The molecule has 0 bridgehead atoms. The molecule has 0 fully saturated rings. The van der Waals surface area contributed by atoms with Gasteiger partial charge in [0.05, 0.1) is 0 Å². The molecule has 0 aliphatic rings. The van der Waals surface area contributed by atoms with Gasteiger partial charge in [-0.25, -0.2) is 9.18 Å². The van der Waals surface area contributed by atoms with Gasteiger partial charge in [-0.2, -0.15) is 0 Å². The summed E-state index contributed by atoms with van der Waals surface area (Å²) in [6.45, 7) is 1.77. The second-order valence-corrected chi connectivity index (χ2v) is 5.24. The van der Waals surface area contributed by atoms with E-state index in [1.54, 1.807) is 31.2 Å². The van der Waals surface area contributed by atoms with Crippen LogP contribution in [-0.4, -0.2) is 11.1 Å². The first-order chi connectivity index (χ1) is 9.47. The van der Waals surface area contributed by atoms with Gasteiger partial charge >= 0.3 is 5.97 Å². The highest BCUT2D eigenvalue weighted by atomic mass is 79.9. The first kappa shape index (κ1) is 14.5. The summed E-state index contributed by atoms with van der Waals surface area (Å²) in [4.78, 5) is 11.1. The molecule has 0 saturated heterocycles. The van der Waals surface area contributed by atoms with Crippen molar-refractivity contribution < 1.29 is 19.0 Å². The summed E-state index contributed by atoms with van der Waals surface area (Å²) in [5, 5.41) is 9.12. The summed E-state index contributed by atoms with van der Waals surface area (Å²) >= 11 is 3.17. The van der Waals surface area contributed by atoms with Crippen LogP contribution >= 0.6 is 15.9 Å². The lowest BCUT2D eigenvalue weighted by Crippen LogP contribution is -2.05. The highest BCUT2D eigenvalue weighted by Gasteiger charge is 2.12. The van der Waals surface area contributed by atoms with E-state index in [4.69, 9.17) is 9.84 Å². The summed E-state index contributed by atoms with van der Waals surface area (Å²) < 4.78 is 19.7. The van der Waals surface area contributed by atoms with Gasteiger partial charge in [0, 0.05) is 10.0 Å².